The quantitative estimate of drug-likeness (QED) is 0.858. The second-order valence-corrected chi connectivity index (χ2v) is 6.01. The number of aryl methyl sites for hydroxylation is 2. The first-order valence-electron chi connectivity index (χ1n) is 6.03. The predicted octanol–water partition coefficient (Wildman–Crippen LogP) is 1.69. The van der Waals surface area contributed by atoms with Crippen molar-refractivity contribution >= 4 is 17.2 Å². The van der Waals surface area contributed by atoms with Crippen LogP contribution in [0.4, 0.5) is 0 Å². The van der Waals surface area contributed by atoms with Crippen LogP contribution in [0, 0.1) is 13.8 Å². The molecular weight excluding hydrogens is 234 g/mol. The first kappa shape index (κ1) is 12.5. The summed E-state index contributed by atoms with van der Waals surface area (Å²) in [5.74, 6) is 0.171. The van der Waals surface area contributed by atoms with Gasteiger partial charge in [-0.15, -0.1) is 11.3 Å². The van der Waals surface area contributed by atoms with Crippen LogP contribution in [0.15, 0.2) is 0 Å². The lowest BCUT2D eigenvalue weighted by atomic mass is 10.2. The van der Waals surface area contributed by atoms with Gasteiger partial charge in [-0.3, -0.25) is 4.79 Å². The highest BCUT2D eigenvalue weighted by molar-refractivity contribution is 7.11. The van der Waals surface area contributed by atoms with E-state index in [1.54, 1.807) is 11.3 Å². The molecule has 1 aliphatic heterocycles. The monoisotopic (exact) mass is 253 g/mol. The van der Waals surface area contributed by atoms with E-state index in [1.165, 1.54) is 4.88 Å². The van der Waals surface area contributed by atoms with E-state index in [2.05, 4.69) is 29.5 Å². The lowest BCUT2D eigenvalue weighted by Gasteiger charge is -2.16. The summed E-state index contributed by atoms with van der Waals surface area (Å²) in [5.41, 5.74) is 1.14. The minimum atomic E-state index is 0.171. The van der Waals surface area contributed by atoms with Gasteiger partial charge >= 0.3 is 0 Å². The third-order valence-corrected chi connectivity index (χ3v) is 4.01. The van der Waals surface area contributed by atoms with E-state index in [0.29, 0.717) is 6.42 Å². The van der Waals surface area contributed by atoms with Gasteiger partial charge in [0.1, 0.15) is 0 Å². The van der Waals surface area contributed by atoms with Gasteiger partial charge in [0.25, 0.3) is 0 Å². The zero-order valence-electron chi connectivity index (χ0n) is 10.5. The van der Waals surface area contributed by atoms with Gasteiger partial charge < -0.3 is 10.6 Å². The van der Waals surface area contributed by atoms with Crippen molar-refractivity contribution < 1.29 is 4.79 Å². The molecule has 0 radical (unpaired) electrons. The molecule has 0 saturated carbocycles. The Morgan fingerprint density at radius 3 is 2.88 bits per heavy atom. The van der Waals surface area contributed by atoms with Crippen molar-refractivity contribution in [3.8, 4) is 0 Å². The summed E-state index contributed by atoms with van der Waals surface area (Å²) in [7, 11) is 0. The third kappa shape index (κ3) is 3.04. The van der Waals surface area contributed by atoms with Crippen LogP contribution in [0.1, 0.15) is 41.4 Å². The molecule has 2 rings (SSSR count). The number of rotatable bonds is 4. The number of carbonyl (C=O) groups is 1. The standard InChI is InChI=1S/C12H19N3OS/c1-7(12-8(2)17-9(3)14-12)13-6-10-4-5-11(16)15-10/h7,10,13H,4-6H2,1-3H3,(H,15,16). The topological polar surface area (TPSA) is 54.0 Å². The molecular formula is C12H19N3OS. The average molecular weight is 253 g/mol. The van der Waals surface area contributed by atoms with Crippen molar-refractivity contribution in [2.45, 2.75) is 45.7 Å². The molecule has 5 heteroatoms. The van der Waals surface area contributed by atoms with Crippen LogP contribution in [0.3, 0.4) is 0 Å². The summed E-state index contributed by atoms with van der Waals surface area (Å²) in [6, 6.07) is 0.530. The maximum absolute atomic E-state index is 11.1. The highest BCUT2D eigenvalue weighted by Gasteiger charge is 2.21. The van der Waals surface area contributed by atoms with Gasteiger partial charge in [0.05, 0.1) is 10.7 Å². The molecule has 17 heavy (non-hydrogen) atoms. The average Bonchev–Trinajstić information content (AvgIpc) is 2.81. The van der Waals surface area contributed by atoms with Crippen LogP contribution in [0.25, 0.3) is 0 Å². The van der Waals surface area contributed by atoms with Crippen molar-refractivity contribution in [1.29, 1.82) is 0 Å². The van der Waals surface area contributed by atoms with E-state index in [4.69, 9.17) is 0 Å². The molecule has 2 atom stereocenters. The summed E-state index contributed by atoms with van der Waals surface area (Å²) in [6.07, 6.45) is 1.60. The van der Waals surface area contributed by atoms with Crippen LogP contribution in [-0.2, 0) is 4.79 Å². The number of hydrogen-bond donors (Lipinski definition) is 2. The van der Waals surface area contributed by atoms with Crippen molar-refractivity contribution in [1.82, 2.24) is 15.6 Å². The van der Waals surface area contributed by atoms with E-state index in [0.717, 1.165) is 23.7 Å². The number of carbonyl (C=O) groups excluding carboxylic acids is 1. The van der Waals surface area contributed by atoms with Gasteiger partial charge in [-0.1, -0.05) is 0 Å². The predicted molar refractivity (Wildman–Crippen MR) is 69.2 cm³/mol. The van der Waals surface area contributed by atoms with Gasteiger partial charge in [0.15, 0.2) is 0 Å². The van der Waals surface area contributed by atoms with Crippen LogP contribution in [0.2, 0.25) is 0 Å². The van der Waals surface area contributed by atoms with Gasteiger partial charge in [0, 0.05) is 29.9 Å². The molecule has 0 spiro atoms. The maximum Gasteiger partial charge on any atom is 0.220 e. The fourth-order valence-corrected chi connectivity index (χ4v) is 3.11. The van der Waals surface area contributed by atoms with Crippen molar-refractivity contribution in [3.63, 3.8) is 0 Å². The van der Waals surface area contributed by atoms with Gasteiger partial charge in [-0.25, -0.2) is 4.98 Å². The van der Waals surface area contributed by atoms with Gasteiger partial charge in [-0.05, 0) is 27.2 Å². The van der Waals surface area contributed by atoms with E-state index >= 15 is 0 Å². The number of nitrogens with one attached hydrogen (secondary N) is 2. The summed E-state index contributed by atoms with van der Waals surface area (Å²) < 4.78 is 0. The van der Waals surface area contributed by atoms with E-state index in [1.807, 2.05) is 6.92 Å². The molecule has 94 valence electrons. The number of nitrogens with zero attached hydrogens (tertiary/aromatic N) is 1. The Morgan fingerprint density at radius 1 is 1.59 bits per heavy atom. The normalized spacial score (nSPS) is 21.6. The van der Waals surface area contributed by atoms with Crippen molar-refractivity contribution in [3.05, 3.63) is 15.6 Å². The smallest absolute Gasteiger partial charge is 0.220 e. The van der Waals surface area contributed by atoms with Gasteiger partial charge in [0.2, 0.25) is 5.91 Å². The first-order valence-corrected chi connectivity index (χ1v) is 6.84. The van der Waals surface area contributed by atoms with E-state index in [9.17, 15) is 4.79 Å². The molecule has 0 aromatic carbocycles. The van der Waals surface area contributed by atoms with Crippen molar-refractivity contribution in [2.75, 3.05) is 6.54 Å². The molecule has 1 aliphatic rings. The molecule has 2 N–H and O–H groups in total. The molecule has 2 unspecified atom stereocenters. The molecule has 1 aromatic rings. The zero-order valence-corrected chi connectivity index (χ0v) is 11.4. The number of hydrogen-bond acceptors (Lipinski definition) is 4. The Morgan fingerprint density at radius 2 is 2.35 bits per heavy atom. The largest absolute Gasteiger partial charge is 0.352 e. The Kier molecular flexibility index (Phi) is 3.79. The Bertz CT molecular complexity index is 416. The molecule has 1 fully saturated rings. The van der Waals surface area contributed by atoms with Gasteiger partial charge in [-0.2, -0.15) is 0 Å². The fraction of sp³-hybridized carbons (Fsp3) is 0.667. The summed E-state index contributed by atoms with van der Waals surface area (Å²) >= 11 is 1.74. The second-order valence-electron chi connectivity index (χ2n) is 4.61. The summed E-state index contributed by atoms with van der Waals surface area (Å²) in [4.78, 5) is 16.9. The van der Waals surface area contributed by atoms with E-state index < -0.39 is 0 Å². The van der Waals surface area contributed by atoms with E-state index in [-0.39, 0.29) is 18.0 Å². The number of amides is 1. The molecule has 0 bridgehead atoms. The van der Waals surface area contributed by atoms with Crippen LogP contribution < -0.4 is 10.6 Å². The van der Waals surface area contributed by atoms with Crippen LogP contribution >= 0.6 is 11.3 Å². The molecule has 0 aliphatic carbocycles. The summed E-state index contributed by atoms with van der Waals surface area (Å²) in [5, 5.41) is 7.52. The Hall–Kier alpha value is -0.940. The number of thiazole rings is 1. The highest BCUT2D eigenvalue weighted by Crippen LogP contribution is 2.22. The summed E-state index contributed by atoms with van der Waals surface area (Å²) in [6.45, 7) is 7.09. The highest BCUT2D eigenvalue weighted by atomic mass is 32.1. The third-order valence-electron chi connectivity index (χ3n) is 3.10. The minimum Gasteiger partial charge on any atom is -0.352 e. The Labute approximate surface area is 106 Å². The number of aromatic nitrogens is 1. The van der Waals surface area contributed by atoms with Crippen molar-refractivity contribution in [2.24, 2.45) is 0 Å². The second kappa shape index (κ2) is 5.14. The molecule has 2 heterocycles. The minimum absolute atomic E-state index is 0.171. The zero-order chi connectivity index (χ0) is 12.4. The first-order chi connectivity index (χ1) is 8.06. The lowest BCUT2D eigenvalue weighted by Crippen LogP contribution is -2.36. The maximum atomic E-state index is 11.1. The van der Waals surface area contributed by atoms with Crippen LogP contribution in [0.5, 0.6) is 0 Å². The molecule has 4 nitrogen and oxygen atoms in total. The lowest BCUT2D eigenvalue weighted by molar-refractivity contribution is -0.119. The Balaban J connectivity index is 1.87. The molecule has 1 amide bonds. The molecule has 1 saturated heterocycles. The van der Waals surface area contributed by atoms with Crippen LogP contribution in [-0.4, -0.2) is 23.5 Å². The molecule has 1 aromatic heterocycles. The SMILES string of the molecule is Cc1nc(C(C)NCC2CCC(=O)N2)c(C)s1. The fourth-order valence-electron chi connectivity index (χ4n) is 2.19.